The Kier molecular flexibility index (Phi) is 6.35. The van der Waals surface area contributed by atoms with E-state index in [9.17, 15) is 4.79 Å². The van der Waals surface area contributed by atoms with E-state index < -0.39 is 0 Å². The van der Waals surface area contributed by atoms with Crippen LogP contribution in [0.4, 0.5) is 4.79 Å². The monoisotopic (exact) mass is 393 g/mol. The highest BCUT2D eigenvalue weighted by molar-refractivity contribution is 5.74. The number of rotatable bonds is 7. The lowest BCUT2D eigenvalue weighted by molar-refractivity contribution is 0.0894. The molecule has 1 atom stereocenters. The van der Waals surface area contributed by atoms with Crippen molar-refractivity contribution in [2.75, 3.05) is 33.3 Å². The Labute approximate surface area is 173 Å². The molecular weight excluding hydrogens is 362 g/mol. The lowest BCUT2D eigenvalue weighted by Gasteiger charge is -2.41. The van der Waals surface area contributed by atoms with Crippen LogP contribution in [0, 0.1) is 0 Å². The Balaban J connectivity index is 1.34. The first-order valence-corrected chi connectivity index (χ1v) is 10.7. The Morgan fingerprint density at radius 1 is 1.03 bits per heavy atom. The van der Waals surface area contributed by atoms with Crippen molar-refractivity contribution in [2.24, 2.45) is 0 Å². The average Bonchev–Trinajstić information content (AvgIpc) is 3.60. The molecule has 2 aromatic carbocycles. The van der Waals surface area contributed by atoms with Gasteiger partial charge in [0.25, 0.3) is 0 Å². The molecule has 29 heavy (non-hydrogen) atoms. The molecule has 2 aliphatic rings. The van der Waals surface area contributed by atoms with E-state index in [2.05, 4.69) is 51.5 Å². The molecule has 1 saturated heterocycles. The molecule has 0 radical (unpaired) electrons. The van der Waals surface area contributed by atoms with Gasteiger partial charge in [-0.1, -0.05) is 42.5 Å². The maximum Gasteiger partial charge on any atom is 0.317 e. The van der Waals surface area contributed by atoms with E-state index in [0.717, 1.165) is 44.3 Å². The molecule has 1 heterocycles. The number of methoxy groups -OCH3 is 1. The molecule has 2 aromatic rings. The Morgan fingerprint density at radius 2 is 1.79 bits per heavy atom. The molecule has 0 spiro atoms. The van der Waals surface area contributed by atoms with Gasteiger partial charge in [-0.15, -0.1) is 0 Å². The number of benzene rings is 2. The summed E-state index contributed by atoms with van der Waals surface area (Å²) in [5.41, 5.74) is 2.50. The van der Waals surface area contributed by atoms with Gasteiger partial charge in [0.05, 0.1) is 13.2 Å². The van der Waals surface area contributed by atoms with Crippen molar-refractivity contribution in [1.29, 1.82) is 0 Å². The predicted molar refractivity (Wildman–Crippen MR) is 115 cm³/mol. The fourth-order valence-corrected chi connectivity index (χ4v) is 4.19. The van der Waals surface area contributed by atoms with Gasteiger partial charge in [0.2, 0.25) is 0 Å². The average molecular weight is 394 g/mol. The molecule has 4 rings (SSSR count). The van der Waals surface area contributed by atoms with Crippen LogP contribution in [0.2, 0.25) is 0 Å². The van der Waals surface area contributed by atoms with Crippen molar-refractivity contribution >= 4 is 6.03 Å². The first-order valence-electron chi connectivity index (χ1n) is 10.7. The van der Waals surface area contributed by atoms with E-state index in [1.807, 2.05) is 18.2 Å². The molecule has 2 fully saturated rings. The molecule has 0 aromatic heterocycles. The summed E-state index contributed by atoms with van der Waals surface area (Å²) in [6.07, 6.45) is 4.36. The lowest BCUT2D eigenvalue weighted by Crippen LogP contribution is -2.58. The predicted octanol–water partition coefficient (Wildman–Crippen LogP) is 3.34. The van der Waals surface area contributed by atoms with Gasteiger partial charge in [0.1, 0.15) is 5.75 Å². The van der Waals surface area contributed by atoms with E-state index in [1.165, 1.54) is 24.0 Å². The number of urea groups is 1. The zero-order chi connectivity index (χ0) is 20.1. The van der Waals surface area contributed by atoms with Crippen LogP contribution in [0.3, 0.4) is 0 Å². The second-order valence-corrected chi connectivity index (χ2v) is 8.09. The van der Waals surface area contributed by atoms with E-state index in [0.29, 0.717) is 6.54 Å². The second-order valence-electron chi connectivity index (χ2n) is 8.09. The highest BCUT2D eigenvalue weighted by Crippen LogP contribution is 2.29. The van der Waals surface area contributed by atoms with Gasteiger partial charge in [0.15, 0.2) is 0 Å². The van der Waals surface area contributed by atoms with Crippen LogP contribution in [0.15, 0.2) is 54.6 Å². The number of amides is 2. The molecular formula is C24H31N3O2. The lowest BCUT2D eigenvalue weighted by atomic mass is 10.0. The van der Waals surface area contributed by atoms with E-state index in [4.69, 9.17) is 4.74 Å². The van der Waals surface area contributed by atoms with Crippen LogP contribution in [0.25, 0.3) is 0 Å². The number of piperazine rings is 1. The molecule has 1 aliphatic carbocycles. The standard InChI is InChI=1S/C24H31N3O2/c1-29-23-11-7-19(8-12-23)13-14-25-24(28)27-16-15-26(21-9-10-21)18-22(27)17-20-5-3-2-4-6-20/h2-8,11-12,21-22H,9-10,13-18H2,1H3,(H,25,28). The van der Waals surface area contributed by atoms with Gasteiger partial charge in [0, 0.05) is 32.2 Å². The van der Waals surface area contributed by atoms with Crippen molar-refractivity contribution in [3.63, 3.8) is 0 Å². The van der Waals surface area contributed by atoms with Gasteiger partial charge in [-0.25, -0.2) is 4.79 Å². The minimum Gasteiger partial charge on any atom is -0.497 e. The third-order valence-corrected chi connectivity index (χ3v) is 6.00. The van der Waals surface area contributed by atoms with Gasteiger partial charge < -0.3 is 15.0 Å². The summed E-state index contributed by atoms with van der Waals surface area (Å²) >= 11 is 0. The molecule has 0 bridgehead atoms. The van der Waals surface area contributed by atoms with Crippen molar-refractivity contribution in [3.8, 4) is 5.75 Å². The number of carbonyl (C=O) groups is 1. The van der Waals surface area contributed by atoms with Gasteiger partial charge >= 0.3 is 6.03 Å². The third-order valence-electron chi connectivity index (χ3n) is 6.00. The van der Waals surface area contributed by atoms with Crippen molar-refractivity contribution in [1.82, 2.24) is 15.1 Å². The number of hydrogen-bond acceptors (Lipinski definition) is 3. The SMILES string of the molecule is COc1ccc(CCNC(=O)N2CCN(C3CC3)CC2Cc2ccccc2)cc1. The second kappa shape index (κ2) is 9.31. The maximum atomic E-state index is 13.0. The molecule has 1 unspecified atom stereocenters. The van der Waals surface area contributed by atoms with E-state index in [-0.39, 0.29) is 12.1 Å². The maximum absolute atomic E-state index is 13.0. The zero-order valence-corrected chi connectivity index (χ0v) is 17.2. The first-order chi connectivity index (χ1) is 14.2. The van der Waals surface area contributed by atoms with Crippen LogP contribution in [-0.2, 0) is 12.8 Å². The number of carbonyl (C=O) groups excluding carboxylic acids is 1. The molecule has 2 amide bonds. The first kappa shape index (κ1) is 19.8. The molecule has 5 heteroatoms. The summed E-state index contributed by atoms with van der Waals surface area (Å²) in [5, 5.41) is 3.14. The highest BCUT2D eigenvalue weighted by Gasteiger charge is 2.37. The Bertz CT molecular complexity index is 790. The summed E-state index contributed by atoms with van der Waals surface area (Å²) in [4.78, 5) is 17.6. The largest absolute Gasteiger partial charge is 0.497 e. The minimum atomic E-state index is 0.0647. The summed E-state index contributed by atoms with van der Waals surface area (Å²) in [6.45, 7) is 3.42. The molecule has 1 saturated carbocycles. The normalized spacial score (nSPS) is 19.8. The molecule has 1 aliphatic heterocycles. The number of nitrogens with one attached hydrogen (secondary N) is 1. The molecule has 154 valence electrons. The Hall–Kier alpha value is -2.53. The van der Waals surface area contributed by atoms with Crippen LogP contribution in [-0.4, -0.2) is 61.2 Å². The van der Waals surface area contributed by atoms with Crippen LogP contribution < -0.4 is 10.1 Å². The summed E-state index contributed by atoms with van der Waals surface area (Å²) in [5.74, 6) is 0.857. The van der Waals surface area contributed by atoms with Crippen molar-refractivity contribution < 1.29 is 9.53 Å². The minimum absolute atomic E-state index is 0.0647. The third kappa shape index (κ3) is 5.30. The zero-order valence-electron chi connectivity index (χ0n) is 17.2. The van der Waals surface area contributed by atoms with Crippen molar-refractivity contribution in [2.45, 2.75) is 37.8 Å². The number of hydrogen-bond donors (Lipinski definition) is 1. The van der Waals surface area contributed by atoms with Gasteiger partial charge in [-0.2, -0.15) is 0 Å². The van der Waals surface area contributed by atoms with Crippen molar-refractivity contribution in [3.05, 3.63) is 65.7 Å². The summed E-state index contributed by atoms with van der Waals surface area (Å²) in [7, 11) is 1.67. The fraction of sp³-hybridized carbons (Fsp3) is 0.458. The van der Waals surface area contributed by atoms with Crippen LogP contribution in [0.5, 0.6) is 5.75 Å². The van der Waals surface area contributed by atoms with E-state index >= 15 is 0 Å². The quantitative estimate of drug-likeness (QED) is 0.785. The molecule has 1 N–H and O–H groups in total. The van der Waals surface area contributed by atoms with Gasteiger partial charge in [-0.3, -0.25) is 4.90 Å². The highest BCUT2D eigenvalue weighted by atomic mass is 16.5. The number of ether oxygens (including phenoxy) is 1. The van der Waals surface area contributed by atoms with Crippen LogP contribution >= 0.6 is 0 Å². The van der Waals surface area contributed by atoms with E-state index in [1.54, 1.807) is 7.11 Å². The van der Waals surface area contributed by atoms with Gasteiger partial charge in [-0.05, 0) is 48.9 Å². The Morgan fingerprint density at radius 3 is 2.48 bits per heavy atom. The summed E-state index contributed by atoms with van der Waals surface area (Å²) in [6, 6.07) is 19.6. The smallest absolute Gasteiger partial charge is 0.317 e. The topological polar surface area (TPSA) is 44.8 Å². The number of nitrogens with zero attached hydrogens (tertiary/aromatic N) is 2. The summed E-state index contributed by atoms with van der Waals surface area (Å²) < 4.78 is 5.20. The molecule has 5 nitrogen and oxygen atoms in total. The fourth-order valence-electron chi connectivity index (χ4n) is 4.19. The van der Waals surface area contributed by atoms with Crippen LogP contribution in [0.1, 0.15) is 24.0 Å².